The van der Waals surface area contributed by atoms with Crippen LogP contribution in [0.4, 0.5) is 0 Å². The second kappa shape index (κ2) is 9.70. The maximum Gasteiger partial charge on any atom is -0.0442 e. The van der Waals surface area contributed by atoms with Crippen LogP contribution in [0.3, 0.4) is 0 Å². The second-order valence-electron chi connectivity index (χ2n) is 1.77. The summed E-state index contributed by atoms with van der Waals surface area (Å²) in [6.45, 7) is 11.5. The number of hydrogen-bond acceptors (Lipinski definition) is 0. The summed E-state index contributed by atoms with van der Waals surface area (Å²) >= 11 is 0. The van der Waals surface area contributed by atoms with Crippen LogP contribution >= 0.6 is 0 Å². The lowest BCUT2D eigenvalue weighted by Crippen LogP contribution is -1.52. The van der Waals surface area contributed by atoms with Gasteiger partial charge in [-0.2, -0.15) is 0 Å². The standard InChI is InChI=1S/C5H10.C3H6/c1-4-5(2)3;1-3-2/h4H,1-3H3;3H,1H2,2H3. The topological polar surface area (TPSA) is 0 Å². The number of allylic oxidation sites excluding steroid dienone is 3. The minimum atomic E-state index is 1.38. The van der Waals surface area contributed by atoms with Crippen LogP contribution in [-0.4, -0.2) is 0 Å². The molecule has 0 radical (unpaired) electrons. The molecule has 0 heteroatoms. The third-order valence-corrected chi connectivity index (χ3v) is 0.577. The molecule has 0 saturated carbocycles. The maximum atomic E-state index is 3.36. The highest BCUT2D eigenvalue weighted by Gasteiger charge is 1.60. The molecule has 0 amide bonds. The van der Waals surface area contributed by atoms with Gasteiger partial charge in [-0.1, -0.05) is 17.7 Å². The van der Waals surface area contributed by atoms with Gasteiger partial charge in [0.05, 0.1) is 0 Å². The molecule has 0 atom stereocenters. The monoisotopic (exact) mass is 112 g/mol. The zero-order chi connectivity index (χ0) is 6.99. The first-order chi connectivity index (χ1) is 3.68. The highest BCUT2D eigenvalue weighted by Crippen LogP contribution is 1.82. The highest BCUT2D eigenvalue weighted by molar-refractivity contribution is 4.88. The Kier molecular flexibility index (Phi) is 12.7. The summed E-state index contributed by atoms with van der Waals surface area (Å²) in [6.07, 6.45) is 3.83. The van der Waals surface area contributed by atoms with Gasteiger partial charge in [-0.25, -0.2) is 0 Å². The van der Waals surface area contributed by atoms with E-state index in [4.69, 9.17) is 0 Å². The Morgan fingerprint density at radius 2 is 1.38 bits per heavy atom. The molecule has 8 heavy (non-hydrogen) atoms. The summed E-state index contributed by atoms with van der Waals surface area (Å²) in [5, 5.41) is 0. The van der Waals surface area contributed by atoms with E-state index in [1.807, 2.05) is 13.8 Å². The molecule has 0 aromatic carbocycles. The molecular formula is C8H16. The van der Waals surface area contributed by atoms with Gasteiger partial charge in [0.25, 0.3) is 0 Å². The quantitative estimate of drug-likeness (QED) is 0.422. The Hall–Kier alpha value is -0.520. The van der Waals surface area contributed by atoms with Crippen molar-refractivity contribution >= 4 is 0 Å². The molecule has 0 aliphatic heterocycles. The van der Waals surface area contributed by atoms with Gasteiger partial charge < -0.3 is 0 Å². The maximum absolute atomic E-state index is 3.36. The Morgan fingerprint density at radius 3 is 1.38 bits per heavy atom. The van der Waals surface area contributed by atoms with E-state index >= 15 is 0 Å². The molecule has 0 fully saturated rings. The van der Waals surface area contributed by atoms with Gasteiger partial charge in [0.2, 0.25) is 0 Å². The van der Waals surface area contributed by atoms with Crippen LogP contribution in [0.25, 0.3) is 0 Å². The van der Waals surface area contributed by atoms with Crippen LogP contribution in [0.1, 0.15) is 27.7 Å². The first-order valence-electron chi connectivity index (χ1n) is 2.85. The first kappa shape index (κ1) is 10.5. The molecule has 0 nitrogen and oxygen atoms in total. The fourth-order valence-corrected chi connectivity index (χ4v) is 0. The lowest BCUT2D eigenvalue weighted by Gasteiger charge is -1.74. The molecule has 0 bridgehead atoms. The van der Waals surface area contributed by atoms with Gasteiger partial charge in [-0.3, -0.25) is 0 Å². The van der Waals surface area contributed by atoms with Crippen molar-refractivity contribution in [1.29, 1.82) is 0 Å². The SMILES string of the molecule is C=CC.CC=C(C)C. The van der Waals surface area contributed by atoms with E-state index < -0.39 is 0 Å². The normalized spacial score (nSPS) is 6.00. The minimum absolute atomic E-state index is 1.38. The van der Waals surface area contributed by atoms with Gasteiger partial charge in [0.1, 0.15) is 0 Å². The van der Waals surface area contributed by atoms with Crippen molar-refractivity contribution < 1.29 is 0 Å². The largest absolute Gasteiger partial charge is 0.103 e. The Morgan fingerprint density at radius 1 is 1.25 bits per heavy atom. The molecule has 0 unspecified atom stereocenters. The van der Waals surface area contributed by atoms with Gasteiger partial charge in [0, 0.05) is 0 Å². The lowest BCUT2D eigenvalue weighted by molar-refractivity contribution is 1.36. The summed E-state index contributed by atoms with van der Waals surface area (Å²) in [4.78, 5) is 0. The van der Waals surface area contributed by atoms with Gasteiger partial charge in [0.15, 0.2) is 0 Å². The highest BCUT2D eigenvalue weighted by atomic mass is 13.7. The first-order valence-corrected chi connectivity index (χ1v) is 2.85. The van der Waals surface area contributed by atoms with Crippen molar-refractivity contribution in [3.63, 3.8) is 0 Å². The molecule has 0 saturated heterocycles. The Bertz CT molecular complexity index is 64.1. The van der Waals surface area contributed by atoms with E-state index in [1.54, 1.807) is 6.08 Å². The minimum Gasteiger partial charge on any atom is -0.103 e. The van der Waals surface area contributed by atoms with E-state index in [2.05, 4.69) is 26.5 Å². The fraction of sp³-hybridized carbons (Fsp3) is 0.500. The van der Waals surface area contributed by atoms with Crippen LogP contribution < -0.4 is 0 Å². The third kappa shape index (κ3) is 50.2. The van der Waals surface area contributed by atoms with Crippen molar-refractivity contribution in [3.05, 3.63) is 24.3 Å². The van der Waals surface area contributed by atoms with Gasteiger partial charge >= 0.3 is 0 Å². The summed E-state index contributed by atoms with van der Waals surface area (Å²) in [5.74, 6) is 0. The number of rotatable bonds is 0. The average Bonchev–Trinajstić information content (AvgIpc) is 1.69. The summed E-state index contributed by atoms with van der Waals surface area (Å²) in [7, 11) is 0. The van der Waals surface area contributed by atoms with E-state index in [0.29, 0.717) is 0 Å². The molecule has 0 heterocycles. The summed E-state index contributed by atoms with van der Waals surface area (Å²) in [5.41, 5.74) is 1.38. The van der Waals surface area contributed by atoms with Crippen LogP contribution in [0.5, 0.6) is 0 Å². The second-order valence-corrected chi connectivity index (χ2v) is 1.77. The van der Waals surface area contributed by atoms with Crippen LogP contribution in [-0.2, 0) is 0 Å². The molecule has 0 N–H and O–H groups in total. The van der Waals surface area contributed by atoms with Crippen molar-refractivity contribution in [2.45, 2.75) is 27.7 Å². The zero-order valence-electron chi connectivity index (χ0n) is 6.36. The van der Waals surface area contributed by atoms with Crippen LogP contribution in [0.2, 0.25) is 0 Å². The molecule has 0 spiro atoms. The lowest BCUT2D eigenvalue weighted by atomic mass is 10.3. The zero-order valence-corrected chi connectivity index (χ0v) is 6.36. The average molecular weight is 112 g/mol. The Balaban J connectivity index is 0. The van der Waals surface area contributed by atoms with Crippen molar-refractivity contribution in [1.82, 2.24) is 0 Å². The molecule has 0 aliphatic rings. The van der Waals surface area contributed by atoms with E-state index in [1.165, 1.54) is 5.57 Å². The molecule has 0 aromatic rings. The van der Waals surface area contributed by atoms with Gasteiger partial charge in [-0.05, 0) is 27.7 Å². The fourth-order valence-electron chi connectivity index (χ4n) is 0. The molecule has 48 valence electrons. The van der Waals surface area contributed by atoms with Crippen LogP contribution in [0, 0.1) is 0 Å². The predicted octanol–water partition coefficient (Wildman–Crippen LogP) is 3.16. The Labute approximate surface area is 52.9 Å². The van der Waals surface area contributed by atoms with E-state index in [-0.39, 0.29) is 0 Å². The van der Waals surface area contributed by atoms with Crippen molar-refractivity contribution in [2.75, 3.05) is 0 Å². The van der Waals surface area contributed by atoms with Crippen molar-refractivity contribution in [2.24, 2.45) is 0 Å². The predicted molar refractivity (Wildman–Crippen MR) is 41.0 cm³/mol. The van der Waals surface area contributed by atoms with Crippen LogP contribution in [0.15, 0.2) is 24.3 Å². The third-order valence-electron chi connectivity index (χ3n) is 0.577. The van der Waals surface area contributed by atoms with Gasteiger partial charge in [-0.15, -0.1) is 6.58 Å². The van der Waals surface area contributed by atoms with E-state index in [0.717, 1.165) is 0 Å². The van der Waals surface area contributed by atoms with E-state index in [9.17, 15) is 0 Å². The molecule has 0 aromatic heterocycles. The van der Waals surface area contributed by atoms with Crippen molar-refractivity contribution in [3.8, 4) is 0 Å². The summed E-state index contributed by atoms with van der Waals surface area (Å²) in [6, 6.07) is 0. The molecular weight excluding hydrogens is 96.1 g/mol. The number of hydrogen-bond donors (Lipinski definition) is 0. The molecule has 0 aliphatic carbocycles. The smallest absolute Gasteiger partial charge is 0.0442 e. The molecule has 0 rings (SSSR count). The summed E-state index contributed by atoms with van der Waals surface area (Å²) < 4.78 is 0.